The van der Waals surface area contributed by atoms with Crippen LogP contribution in [0, 0.1) is 5.92 Å². The fourth-order valence-electron chi connectivity index (χ4n) is 4.03. The summed E-state index contributed by atoms with van der Waals surface area (Å²) in [6, 6.07) is 4.35. The van der Waals surface area contributed by atoms with E-state index in [-0.39, 0.29) is 0 Å². The van der Waals surface area contributed by atoms with Crippen molar-refractivity contribution in [2.75, 3.05) is 11.9 Å². The van der Waals surface area contributed by atoms with E-state index in [0.717, 1.165) is 36.6 Å². The van der Waals surface area contributed by atoms with E-state index in [1.54, 1.807) is 6.20 Å². The highest BCUT2D eigenvalue weighted by molar-refractivity contribution is 5.57. The van der Waals surface area contributed by atoms with Crippen LogP contribution in [0.15, 0.2) is 41.4 Å². The Morgan fingerprint density at radius 3 is 2.65 bits per heavy atom. The summed E-state index contributed by atoms with van der Waals surface area (Å²) < 4.78 is 0. The van der Waals surface area contributed by atoms with E-state index < -0.39 is 0 Å². The summed E-state index contributed by atoms with van der Waals surface area (Å²) >= 11 is 0. The van der Waals surface area contributed by atoms with E-state index in [4.69, 9.17) is 4.98 Å². The minimum Gasteiger partial charge on any atom is -0.335 e. The number of carbonyl (C=O) groups excluding carboxylic acids is 1. The molecule has 26 heavy (non-hydrogen) atoms. The van der Waals surface area contributed by atoms with Gasteiger partial charge in [0.05, 0.1) is 0 Å². The lowest BCUT2D eigenvalue weighted by atomic mass is 9.85. The first-order valence-electron chi connectivity index (χ1n) is 9.96. The van der Waals surface area contributed by atoms with Crippen molar-refractivity contribution in [1.82, 2.24) is 10.3 Å². The molecule has 0 aliphatic heterocycles. The van der Waals surface area contributed by atoms with Gasteiger partial charge in [-0.05, 0) is 61.3 Å². The largest absolute Gasteiger partial charge is 0.335 e. The molecule has 3 rings (SSSR count). The minimum atomic E-state index is 0.706. The lowest BCUT2D eigenvalue weighted by Crippen LogP contribution is -2.20. The number of nitrogens with zero attached hydrogens (tertiary/aromatic N) is 2. The number of amides is 1. The Bertz CT molecular complexity index is 663. The highest BCUT2D eigenvalue weighted by Gasteiger charge is 2.23. The molecule has 1 aromatic rings. The summed E-state index contributed by atoms with van der Waals surface area (Å²) in [5.74, 6) is 1.87. The Morgan fingerprint density at radius 1 is 1.27 bits per heavy atom. The molecular formula is C22H31N3O. The second kappa shape index (κ2) is 9.02. The van der Waals surface area contributed by atoms with Gasteiger partial charge in [-0.15, -0.1) is 0 Å². The van der Waals surface area contributed by atoms with Crippen molar-refractivity contribution in [2.45, 2.75) is 64.7 Å². The molecule has 0 atom stereocenters. The molecule has 0 bridgehead atoms. The molecule has 1 N–H and O–H groups in total. The Kier molecular flexibility index (Phi) is 6.48. The fourth-order valence-corrected chi connectivity index (χ4v) is 4.03. The van der Waals surface area contributed by atoms with Gasteiger partial charge in [-0.25, -0.2) is 4.98 Å². The van der Waals surface area contributed by atoms with Gasteiger partial charge in [0, 0.05) is 25.1 Å². The molecule has 1 amide bonds. The minimum absolute atomic E-state index is 0.706. The molecule has 4 nitrogen and oxygen atoms in total. The number of nitrogens with one attached hydrogen (secondary N) is 1. The van der Waals surface area contributed by atoms with E-state index in [2.05, 4.69) is 29.4 Å². The molecule has 2 aliphatic carbocycles. The average molecular weight is 354 g/mol. The molecule has 1 aromatic heterocycles. The van der Waals surface area contributed by atoms with E-state index in [9.17, 15) is 4.79 Å². The van der Waals surface area contributed by atoms with Crippen molar-refractivity contribution in [1.29, 1.82) is 0 Å². The summed E-state index contributed by atoms with van der Waals surface area (Å²) in [4.78, 5) is 17.4. The number of likely N-dealkylation sites (N-methyl/N-ethyl adjacent to an activating group) is 1. The number of aryl methyl sites for hydroxylation is 1. The predicted octanol–water partition coefficient (Wildman–Crippen LogP) is 4.73. The predicted molar refractivity (Wildman–Crippen MR) is 107 cm³/mol. The van der Waals surface area contributed by atoms with Gasteiger partial charge in [0.2, 0.25) is 6.41 Å². The standard InChI is InChI=1S/C22H31N3O/c1-17(14-23-16-26)22(20-11-12-20)25(2)21-13-10-19(15-24-21)9-8-18-6-4-3-5-7-18/h10,13-16,18H,3-9,11-12H2,1-2H3,(H,23,26)/b17-14-. The highest BCUT2D eigenvalue weighted by Crippen LogP contribution is 2.37. The summed E-state index contributed by atoms with van der Waals surface area (Å²) in [5.41, 5.74) is 5.01. The van der Waals surface area contributed by atoms with Crippen LogP contribution in [0.5, 0.6) is 0 Å². The van der Waals surface area contributed by atoms with Gasteiger partial charge >= 0.3 is 0 Å². The molecule has 1 heterocycles. The first-order chi connectivity index (χ1) is 12.7. The third kappa shape index (κ3) is 4.96. The van der Waals surface area contributed by atoms with E-state index in [1.165, 1.54) is 55.4 Å². The normalized spacial score (nSPS) is 17.8. The molecule has 4 heteroatoms. The third-order valence-corrected chi connectivity index (χ3v) is 5.63. The summed E-state index contributed by atoms with van der Waals surface area (Å²) in [7, 11) is 2.06. The van der Waals surface area contributed by atoms with Crippen molar-refractivity contribution in [3.63, 3.8) is 0 Å². The number of rotatable bonds is 8. The average Bonchev–Trinajstić information content (AvgIpc) is 3.51. The molecule has 0 aromatic carbocycles. The first kappa shape index (κ1) is 18.7. The van der Waals surface area contributed by atoms with Crippen molar-refractivity contribution >= 4 is 12.2 Å². The molecule has 140 valence electrons. The third-order valence-electron chi connectivity index (χ3n) is 5.63. The molecular weight excluding hydrogens is 322 g/mol. The van der Waals surface area contributed by atoms with E-state index in [0.29, 0.717) is 6.41 Å². The number of anilines is 1. The second-order valence-electron chi connectivity index (χ2n) is 7.69. The van der Waals surface area contributed by atoms with E-state index >= 15 is 0 Å². The van der Waals surface area contributed by atoms with Crippen LogP contribution in [0.25, 0.3) is 0 Å². The second-order valence-corrected chi connectivity index (χ2v) is 7.69. The number of allylic oxidation sites excluding steroid dienone is 2. The Balaban J connectivity index is 1.63. The van der Waals surface area contributed by atoms with Crippen LogP contribution < -0.4 is 10.2 Å². The molecule has 0 spiro atoms. The van der Waals surface area contributed by atoms with Crippen LogP contribution in [-0.2, 0) is 11.2 Å². The fraction of sp³-hybridized carbons (Fsp3) is 0.545. The molecule has 0 unspecified atom stereocenters. The SMILES string of the molecule is C/C(=C/NC=O)C(=C1CC1)N(C)c1ccc(CCC2CCCCC2)cn1. The molecule has 2 aliphatic rings. The van der Waals surface area contributed by atoms with E-state index in [1.807, 2.05) is 13.1 Å². The van der Waals surface area contributed by atoms with Gasteiger partial charge in [-0.1, -0.05) is 38.2 Å². The van der Waals surface area contributed by atoms with Crippen LogP contribution in [0.1, 0.15) is 63.9 Å². The smallest absolute Gasteiger partial charge is 0.211 e. The summed E-state index contributed by atoms with van der Waals surface area (Å²) in [5, 5.41) is 2.65. The zero-order valence-electron chi connectivity index (χ0n) is 16.1. The first-order valence-corrected chi connectivity index (χ1v) is 9.96. The number of pyridine rings is 1. The van der Waals surface area contributed by atoms with Gasteiger partial charge < -0.3 is 10.2 Å². The van der Waals surface area contributed by atoms with Gasteiger partial charge in [0.15, 0.2) is 0 Å². The van der Waals surface area contributed by atoms with Crippen LogP contribution in [-0.4, -0.2) is 18.4 Å². The maximum Gasteiger partial charge on any atom is 0.211 e. The van der Waals surface area contributed by atoms with Gasteiger partial charge in [-0.2, -0.15) is 0 Å². The quantitative estimate of drug-likeness (QED) is 0.687. The van der Waals surface area contributed by atoms with Crippen molar-refractivity contribution in [3.8, 4) is 0 Å². The highest BCUT2D eigenvalue weighted by atomic mass is 16.1. The van der Waals surface area contributed by atoms with Crippen molar-refractivity contribution < 1.29 is 4.79 Å². The zero-order chi connectivity index (χ0) is 18.4. The number of aromatic nitrogens is 1. The topological polar surface area (TPSA) is 45.2 Å². The zero-order valence-corrected chi connectivity index (χ0v) is 16.1. The Labute approximate surface area is 157 Å². The number of hydrogen-bond donors (Lipinski definition) is 1. The van der Waals surface area contributed by atoms with Gasteiger partial charge in [0.25, 0.3) is 0 Å². The molecule has 0 radical (unpaired) electrons. The van der Waals surface area contributed by atoms with Gasteiger partial charge in [-0.3, -0.25) is 4.79 Å². The van der Waals surface area contributed by atoms with Crippen LogP contribution in [0.2, 0.25) is 0 Å². The maximum atomic E-state index is 10.6. The number of carbonyl (C=O) groups is 1. The van der Waals surface area contributed by atoms with Crippen LogP contribution >= 0.6 is 0 Å². The molecule has 2 fully saturated rings. The summed E-state index contributed by atoms with van der Waals surface area (Å²) in [6.45, 7) is 2.03. The maximum absolute atomic E-state index is 10.6. The van der Waals surface area contributed by atoms with Crippen LogP contribution in [0.3, 0.4) is 0 Å². The lowest BCUT2D eigenvalue weighted by Gasteiger charge is -2.23. The molecule has 2 saturated carbocycles. The van der Waals surface area contributed by atoms with Crippen LogP contribution in [0.4, 0.5) is 5.82 Å². The number of hydrogen-bond acceptors (Lipinski definition) is 3. The summed E-state index contributed by atoms with van der Waals surface area (Å²) in [6.07, 6.45) is 16.3. The Morgan fingerprint density at radius 2 is 2.04 bits per heavy atom. The van der Waals surface area contributed by atoms with Crippen molar-refractivity contribution in [3.05, 3.63) is 46.9 Å². The van der Waals surface area contributed by atoms with Gasteiger partial charge in [0.1, 0.15) is 5.82 Å². The Hall–Kier alpha value is -2.10. The lowest BCUT2D eigenvalue weighted by molar-refractivity contribution is -0.108. The molecule has 0 saturated heterocycles. The van der Waals surface area contributed by atoms with Crippen molar-refractivity contribution in [2.24, 2.45) is 5.92 Å². The monoisotopic (exact) mass is 353 g/mol.